The van der Waals surface area contributed by atoms with Crippen molar-refractivity contribution in [1.82, 2.24) is 4.90 Å². The van der Waals surface area contributed by atoms with E-state index in [0.717, 1.165) is 25.4 Å². The normalized spacial score (nSPS) is 28.0. The minimum Gasteiger partial charge on any atom is -0.392 e. The zero-order chi connectivity index (χ0) is 11.6. The highest BCUT2D eigenvalue weighted by atomic mass is 16.3. The van der Waals surface area contributed by atoms with Crippen molar-refractivity contribution in [1.29, 1.82) is 0 Å². The summed E-state index contributed by atoms with van der Waals surface area (Å²) in [4.78, 5) is 2.45. The van der Waals surface area contributed by atoms with Gasteiger partial charge in [-0.2, -0.15) is 0 Å². The molecule has 2 heteroatoms. The van der Waals surface area contributed by atoms with E-state index in [4.69, 9.17) is 0 Å². The molecule has 0 bridgehead atoms. The molecule has 0 aromatic carbocycles. The molecule has 0 saturated carbocycles. The van der Waals surface area contributed by atoms with Gasteiger partial charge in [0.1, 0.15) is 0 Å². The predicted molar refractivity (Wildman–Crippen MR) is 64.9 cm³/mol. The second-order valence-corrected chi connectivity index (χ2v) is 6.06. The van der Waals surface area contributed by atoms with Crippen LogP contribution in [0, 0.1) is 11.3 Å². The lowest BCUT2D eigenvalue weighted by Gasteiger charge is -2.31. The van der Waals surface area contributed by atoms with Crippen molar-refractivity contribution in [3.05, 3.63) is 0 Å². The van der Waals surface area contributed by atoms with Crippen molar-refractivity contribution >= 4 is 0 Å². The van der Waals surface area contributed by atoms with Crippen LogP contribution in [-0.2, 0) is 0 Å². The number of aliphatic hydroxyl groups is 1. The molecule has 90 valence electrons. The van der Waals surface area contributed by atoms with Crippen LogP contribution in [0.2, 0.25) is 0 Å². The number of hydrogen-bond acceptors (Lipinski definition) is 2. The molecule has 1 aliphatic rings. The summed E-state index contributed by atoms with van der Waals surface area (Å²) in [5, 5.41) is 9.83. The van der Waals surface area contributed by atoms with Crippen LogP contribution in [-0.4, -0.2) is 35.2 Å². The molecule has 0 aromatic rings. The van der Waals surface area contributed by atoms with E-state index >= 15 is 0 Å². The van der Waals surface area contributed by atoms with Gasteiger partial charge in [-0.05, 0) is 37.6 Å². The Morgan fingerprint density at radius 3 is 2.40 bits per heavy atom. The average Bonchev–Trinajstić information content (AvgIpc) is 2.63. The Labute approximate surface area is 94.7 Å². The van der Waals surface area contributed by atoms with Crippen LogP contribution in [0.3, 0.4) is 0 Å². The maximum Gasteiger partial charge on any atom is 0.0690 e. The summed E-state index contributed by atoms with van der Waals surface area (Å²) in [6.07, 6.45) is 1.98. The summed E-state index contributed by atoms with van der Waals surface area (Å²) in [6.45, 7) is 13.5. The van der Waals surface area contributed by atoms with Gasteiger partial charge >= 0.3 is 0 Å². The number of hydrogen-bond donors (Lipinski definition) is 1. The number of nitrogens with zero attached hydrogens (tertiary/aromatic N) is 1. The second-order valence-electron chi connectivity index (χ2n) is 6.06. The van der Waals surface area contributed by atoms with E-state index in [0.29, 0.717) is 11.5 Å². The molecule has 0 spiro atoms. The first-order valence-electron chi connectivity index (χ1n) is 6.28. The predicted octanol–water partition coefficient (Wildman–Crippen LogP) is 2.51. The van der Waals surface area contributed by atoms with E-state index in [9.17, 15) is 5.11 Å². The van der Waals surface area contributed by atoms with Gasteiger partial charge in [-0.25, -0.2) is 0 Å². The Hall–Kier alpha value is -0.0800. The first-order chi connectivity index (χ1) is 6.86. The van der Waals surface area contributed by atoms with E-state index in [1.165, 1.54) is 6.42 Å². The molecule has 1 saturated heterocycles. The van der Waals surface area contributed by atoms with Crippen molar-refractivity contribution < 1.29 is 5.11 Å². The molecule has 0 radical (unpaired) electrons. The highest BCUT2D eigenvalue weighted by Crippen LogP contribution is 2.34. The minimum atomic E-state index is -0.163. The minimum absolute atomic E-state index is 0.163. The molecule has 1 aliphatic heterocycles. The third-order valence-corrected chi connectivity index (χ3v) is 4.00. The lowest BCUT2D eigenvalue weighted by molar-refractivity contribution is 0.0633. The van der Waals surface area contributed by atoms with Crippen LogP contribution >= 0.6 is 0 Å². The zero-order valence-electron chi connectivity index (χ0n) is 11.0. The first-order valence-corrected chi connectivity index (χ1v) is 6.28. The Morgan fingerprint density at radius 2 is 2.00 bits per heavy atom. The molecular formula is C13H27NO. The van der Waals surface area contributed by atoms with Gasteiger partial charge in [0.25, 0.3) is 0 Å². The van der Waals surface area contributed by atoms with Crippen LogP contribution in [0.4, 0.5) is 0 Å². The third-order valence-electron chi connectivity index (χ3n) is 4.00. The quantitative estimate of drug-likeness (QED) is 0.778. The molecule has 0 aromatic heterocycles. The second kappa shape index (κ2) is 4.84. The largest absolute Gasteiger partial charge is 0.392 e. The van der Waals surface area contributed by atoms with Crippen molar-refractivity contribution in [2.75, 3.05) is 13.1 Å². The maximum absolute atomic E-state index is 9.83. The summed E-state index contributed by atoms with van der Waals surface area (Å²) in [5.41, 5.74) is 0.408. The Bertz CT molecular complexity index is 197. The smallest absolute Gasteiger partial charge is 0.0690 e. The zero-order valence-corrected chi connectivity index (χ0v) is 11.0. The molecule has 0 aliphatic carbocycles. The monoisotopic (exact) mass is 213 g/mol. The summed E-state index contributed by atoms with van der Waals surface area (Å²) >= 11 is 0. The molecule has 1 heterocycles. The Morgan fingerprint density at radius 1 is 1.40 bits per heavy atom. The molecule has 0 amide bonds. The maximum atomic E-state index is 9.83. The lowest BCUT2D eigenvalue weighted by atomic mass is 9.80. The molecule has 1 fully saturated rings. The van der Waals surface area contributed by atoms with Crippen LogP contribution < -0.4 is 0 Å². The van der Waals surface area contributed by atoms with Gasteiger partial charge in [0.2, 0.25) is 0 Å². The topological polar surface area (TPSA) is 23.5 Å². The van der Waals surface area contributed by atoms with Crippen molar-refractivity contribution in [2.45, 2.75) is 59.6 Å². The summed E-state index contributed by atoms with van der Waals surface area (Å²) < 4.78 is 0. The number of likely N-dealkylation sites (tertiary alicyclic amines) is 1. The molecule has 3 atom stereocenters. The fraction of sp³-hybridized carbons (Fsp3) is 1.00. The fourth-order valence-corrected chi connectivity index (χ4v) is 2.45. The van der Waals surface area contributed by atoms with Crippen LogP contribution in [0.5, 0.6) is 0 Å². The van der Waals surface area contributed by atoms with Gasteiger partial charge in [0.05, 0.1) is 6.10 Å². The van der Waals surface area contributed by atoms with Crippen LogP contribution in [0.1, 0.15) is 47.5 Å². The third kappa shape index (κ3) is 3.18. The summed E-state index contributed by atoms with van der Waals surface area (Å²) in [6, 6.07) is 0.322. The molecule has 15 heavy (non-hydrogen) atoms. The van der Waals surface area contributed by atoms with Gasteiger partial charge in [-0.1, -0.05) is 27.7 Å². The highest BCUT2D eigenvalue weighted by molar-refractivity contribution is 4.87. The van der Waals surface area contributed by atoms with Gasteiger partial charge in [-0.3, -0.25) is 4.90 Å². The first kappa shape index (κ1) is 13.0. The SMILES string of the molecule is CCC(O)C(C)N1CCC(C(C)(C)C)C1. The van der Waals surface area contributed by atoms with Crippen LogP contribution in [0.25, 0.3) is 0 Å². The Kier molecular flexibility index (Phi) is 4.19. The van der Waals surface area contributed by atoms with E-state index in [1.807, 2.05) is 0 Å². The lowest BCUT2D eigenvalue weighted by Crippen LogP contribution is -2.40. The van der Waals surface area contributed by atoms with Gasteiger partial charge in [-0.15, -0.1) is 0 Å². The number of rotatable bonds is 3. The summed E-state index contributed by atoms with van der Waals surface area (Å²) in [7, 11) is 0. The average molecular weight is 213 g/mol. The van der Waals surface area contributed by atoms with E-state index in [-0.39, 0.29) is 6.10 Å². The van der Waals surface area contributed by atoms with Crippen molar-refractivity contribution in [2.24, 2.45) is 11.3 Å². The van der Waals surface area contributed by atoms with Crippen molar-refractivity contribution in [3.63, 3.8) is 0 Å². The van der Waals surface area contributed by atoms with Gasteiger partial charge < -0.3 is 5.11 Å². The molecular weight excluding hydrogens is 186 g/mol. The highest BCUT2D eigenvalue weighted by Gasteiger charge is 2.34. The van der Waals surface area contributed by atoms with Crippen LogP contribution in [0.15, 0.2) is 0 Å². The fourth-order valence-electron chi connectivity index (χ4n) is 2.45. The number of aliphatic hydroxyl groups excluding tert-OH is 1. The molecule has 3 unspecified atom stereocenters. The Balaban J connectivity index is 2.49. The summed E-state index contributed by atoms with van der Waals surface area (Å²) in [5.74, 6) is 0.781. The van der Waals surface area contributed by atoms with E-state index in [2.05, 4.69) is 39.5 Å². The van der Waals surface area contributed by atoms with Gasteiger partial charge in [0, 0.05) is 12.6 Å². The van der Waals surface area contributed by atoms with Crippen molar-refractivity contribution in [3.8, 4) is 0 Å². The van der Waals surface area contributed by atoms with E-state index < -0.39 is 0 Å². The molecule has 1 N–H and O–H groups in total. The standard InChI is InChI=1S/C13H27NO/c1-6-12(15)10(2)14-8-7-11(9-14)13(3,4)5/h10-12,15H,6-9H2,1-5H3. The molecule has 1 rings (SSSR count). The van der Waals surface area contributed by atoms with E-state index in [1.54, 1.807) is 0 Å². The molecule has 2 nitrogen and oxygen atoms in total. The van der Waals surface area contributed by atoms with Gasteiger partial charge in [0.15, 0.2) is 0 Å².